The number of fused-ring (bicyclic) bond motifs is 1. The van der Waals surface area contributed by atoms with Gasteiger partial charge in [-0.2, -0.15) is 0 Å². The summed E-state index contributed by atoms with van der Waals surface area (Å²) >= 11 is 8.04. The highest BCUT2D eigenvalue weighted by Gasteiger charge is 2.23. The van der Waals surface area contributed by atoms with Crippen molar-refractivity contribution < 1.29 is 0 Å². The molecule has 0 saturated heterocycles. The average Bonchev–Trinajstić information content (AvgIpc) is 3.68. The molecule has 4 aromatic heterocycles. The van der Waals surface area contributed by atoms with Crippen LogP contribution in [0.25, 0.3) is 28.9 Å². The highest BCUT2D eigenvalue weighted by molar-refractivity contribution is 7.33. The Hall–Kier alpha value is -0.940. The van der Waals surface area contributed by atoms with Gasteiger partial charge in [-0.25, -0.2) is 0 Å². The molecule has 0 aromatic carbocycles. The molecule has 4 heteroatoms. The molecule has 0 aliphatic carbocycles. The Labute approximate surface area is 235 Å². The van der Waals surface area contributed by atoms with Gasteiger partial charge < -0.3 is 0 Å². The largest absolute Gasteiger partial charge is 0.143 e. The van der Waals surface area contributed by atoms with Crippen LogP contribution in [0.4, 0.5) is 0 Å². The third kappa shape index (κ3) is 7.56. The average molecular weight is 557 g/mol. The van der Waals surface area contributed by atoms with Gasteiger partial charge in [0.25, 0.3) is 0 Å². The Balaban J connectivity index is 1.54. The Morgan fingerprint density at radius 1 is 0.500 bits per heavy atom. The molecular formula is C32H44S4. The van der Waals surface area contributed by atoms with Crippen molar-refractivity contribution in [1.82, 2.24) is 0 Å². The van der Waals surface area contributed by atoms with E-state index in [1.807, 2.05) is 22.7 Å². The van der Waals surface area contributed by atoms with Crippen LogP contribution in [0.1, 0.15) is 115 Å². The van der Waals surface area contributed by atoms with E-state index in [1.54, 1.807) is 30.3 Å². The molecule has 0 radical (unpaired) electrons. The first-order valence-corrected chi connectivity index (χ1v) is 17.9. The van der Waals surface area contributed by atoms with Gasteiger partial charge in [-0.1, -0.05) is 103 Å². The van der Waals surface area contributed by atoms with E-state index < -0.39 is 0 Å². The van der Waals surface area contributed by atoms with Crippen molar-refractivity contribution in [2.75, 3.05) is 0 Å². The Kier molecular flexibility index (Phi) is 12.1. The van der Waals surface area contributed by atoms with Crippen LogP contribution in [-0.2, 0) is 12.8 Å². The zero-order valence-electron chi connectivity index (χ0n) is 22.4. The lowest BCUT2D eigenvalue weighted by molar-refractivity contribution is 0.590. The van der Waals surface area contributed by atoms with E-state index in [4.69, 9.17) is 0 Å². The van der Waals surface area contributed by atoms with Gasteiger partial charge in [-0.15, -0.1) is 45.3 Å². The number of unbranched alkanes of at least 4 members (excludes halogenated alkanes) is 12. The van der Waals surface area contributed by atoms with E-state index in [9.17, 15) is 0 Å². The topological polar surface area (TPSA) is 0 Å². The molecule has 0 N–H and O–H groups in total. The van der Waals surface area contributed by atoms with Crippen LogP contribution in [0.15, 0.2) is 35.0 Å². The Bertz CT molecular complexity index is 1020. The van der Waals surface area contributed by atoms with Crippen molar-refractivity contribution >= 4 is 54.7 Å². The van der Waals surface area contributed by atoms with Gasteiger partial charge in [0.2, 0.25) is 0 Å². The van der Waals surface area contributed by atoms with Gasteiger partial charge in [-0.3, -0.25) is 0 Å². The van der Waals surface area contributed by atoms with Crippen LogP contribution >= 0.6 is 45.3 Å². The second kappa shape index (κ2) is 15.5. The Morgan fingerprint density at radius 2 is 0.889 bits per heavy atom. The minimum Gasteiger partial charge on any atom is -0.143 e. The summed E-state index contributed by atoms with van der Waals surface area (Å²) in [4.78, 5) is 6.08. The van der Waals surface area contributed by atoms with Crippen molar-refractivity contribution in [2.24, 2.45) is 0 Å². The third-order valence-electron chi connectivity index (χ3n) is 7.26. The monoisotopic (exact) mass is 556 g/mol. The highest BCUT2D eigenvalue weighted by Crippen LogP contribution is 2.50. The quantitative estimate of drug-likeness (QED) is 0.107. The molecule has 196 valence electrons. The van der Waals surface area contributed by atoms with Crippen LogP contribution < -0.4 is 0 Å². The number of hydrogen-bond donors (Lipinski definition) is 0. The lowest BCUT2D eigenvalue weighted by atomic mass is 10.0. The molecule has 0 aliphatic rings. The number of hydrogen-bond acceptors (Lipinski definition) is 4. The first-order valence-electron chi connectivity index (χ1n) is 14.5. The minimum atomic E-state index is 1.24. The molecule has 0 unspecified atom stereocenters. The molecular weight excluding hydrogens is 513 g/mol. The maximum atomic E-state index is 2.34. The van der Waals surface area contributed by atoms with Crippen LogP contribution in [-0.4, -0.2) is 0 Å². The fourth-order valence-corrected chi connectivity index (χ4v) is 10.00. The predicted octanol–water partition coefficient (Wildman–Crippen LogP) is 13.0. The van der Waals surface area contributed by atoms with Gasteiger partial charge in [0, 0.05) is 28.9 Å². The fraction of sp³-hybridized carbons (Fsp3) is 0.562. The van der Waals surface area contributed by atoms with Crippen LogP contribution in [0.5, 0.6) is 0 Å². The molecule has 0 bridgehead atoms. The van der Waals surface area contributed by atoms with Gasteiger partial charge in [0.1, 0.15) is 0 Å². The van der Waals surface area contributed by atoms with Gasteiger partial charge in [0.05, 0.1) is 0 Å². The van der Waals surface area contributed by atoms with Crippen LogP contribution in [0, 0.1) is 0 Å². The maximum Gasteiger partial charge on any atom is 0.0499 e. The summed E-state index contributed by atoms with van der Waals surface area (Å²) in [7, 11) is 0. The molecule has 0 aliphatic heterocycles. The number of rotatable bonds is 18. The summed E-state index contributed by atoms with van der Waals surface area (Å²) in [6.07, 6.45) is 21.8. The fourth-order valence-electron chi connectivity index (χ4n) is 5.21. The van der Waals surface area contributed by atoms with Crippen molar-refractivity contribution in [3.05, 3.63) is 46.2 Å². The first-order chi connectivity index (χ1) is 17.8. The van der Waals surface area contributed by atoms with Crippen molar-refractivity contribution in [1.29, 1.82) is 0 Å². The third-order valence-corrected chi connectivity index (χ3v) is 12.1. The molecule has 0 fully saturated rings. The van der Waals surface area contributed by atoms with E-state index in [0.717, 1.165) is 0 Å². The standard InChI is InChI=1S/C32H44S4/c1-3-5-7-9-11-13-15-19-25-29(27-21-17-23-33-27)35-32-26(20-16-14-12-10-8-6-4-2)30(36-31(25)32)28-22-18-24-34-28/h17-18,21-24H,3-16,19-20H2,1-2H3. The molecule has 36 heavy (non-hydrogen) atoms. The lowest BCUT2D eigenvalue weighted by Gasteiger charge is -2.05. The maximum absolute atomic E-state index is 2.34. The van der Waals surface area contributed by atoms with E-state index in [0.29, 0.717) is 0 Å². The zero-order valence-corrected chi connectivity index (χ0v) is 25.7. The molecule has 0 atom stereocenters. The normalized spacial score (nSPS) is 11.7. The predicted molar refractivity (Wildman–Crippen MR) is 170 cm³/mol. The SMILES string of the molecule is CCCCCCCCCc1c(-c2cccs2)sc2c(CCCCCCCCC)c(-c3cccs3)sc12. The van der Waals surface area contributed by atoms with Crippen LogP contribution in [0.3, 0.4) is 0 Å². The summed E-state index contributed by atoms with van der Waals surface area (Å²) < 4.78 is 3.21. The molecule has 0 amide bonds. The molecule has 0 saturated carbocycles. The zero-order chi connectivity index (χ0) is 25.0. The number of thiophene rings is 4. The molecule has 4 rings (SSSR count). The molecule has 0 spiro atoms. The van der Waals surface area contributed by atoms with E-state index in [1.165, 1.54) is 112 Å². The summed E-state index contributed by atoms with van der Waals surface area (Å²) in [5.41, 5.74) is 3.30. The van der Waals surface area contributed by atoms with Crippen molar-refractivity contribution in [2.45, 2.75) is 117 Å². The summed E-state index contributed by atoms with van der Waals surface area (Å²) in [6.45, 7) is 4.61. The second-order valence-corrected chi connectivity index (χ2v) is 14.1. The first kappa shape index (κ1) is 28.1. The highest BCUT2D eigenvalue weighted by atomic mass is 32.1. The lowest BCUT2D eigenvalue weighted by Crippen LogP contribution is -1.87. The van der Waals surface area contributed by atoms with Crippen molar-refractivity contribution in [3.8, 4) is 19.5 Å². The van der Waals surface area contributed by atoms with Crippen molar-refractivity contribution in [3.63, 3.8) is 0 Å². The van der Waals surface area contributed by atoms with Gasteiger partial charge >= 0.3 is 0 Å². The van der Waals surface area contributed by atoms with Crippen LogP contribution in [0.2, 0.25) is 0 Å². The van der Waals surface area contributed by atoms with E-state index >= 15 is 0 Å². The van der Waals surface area contributed by atoms with E-state index in [2.05, 4.69) is 71.5 Å². The summed E-state index contributed by atoms with van der Waals surface area (Å²) in [5.74, 6) is 0. The van der Waals surface area contributed by atoms with Gasteiger partial charge in [-0.05, 0) is 59.7 Å². The smallest absolute Gasteiger partial charge is 0.0499 e. The number of aryl methyl sites for hydroxylation is 2. The van der Waals surface area contributed by atoms with Gasteiger partial charge in [0.15, 0.2) is 0 Å². The minimum absolute atomic E-state index is 1.24. The second-order valence-electron chi connectivity index (χ2n) is 10.2. The summed E-state index contributed by atoms with van der Waals surface area (Å²) in [6, 6.07) is 9.12. The summed E-state index contributed by atoms with van der Waals surface area (Å²) in [5, 5.41) is 4.49. The molecule has 4 heterocycles. The Morgan fingerprint density at radius 3 is 1.25 bits per heavy atom. The van der Waals surface area contributed by atoms with E-state index in [-0.39, 0.29) is 0 Å². The molecule has 0 nitrogen and oxygen atoms in total. The molecule has 4 aromatic rings.